The van der Waals surface area contributed by atoms with E-state index in [-0.39, 0.29) is 18.0 Å². The lowest BCUT2D eigenvalue weighted by Gasteiger charge is -2.05. The number of nitro groups is 1. The molecule has 24 heavy (non-hydrogen) atoms. The largest absolute Gasteiger partial charge is 0.356 e. The van der Waals surface area contributed by atoms with Crippen molar-refractivity contribution in [1.29, 1.82) is 0 Å². The number of aryl methyl sites for hydroxylation is 4. The summed E-state index contributed by atoms with van der Waals surface area (Å²) >= 11 is 3.40. The molecular formula is C14H19BrN6O3. The summed E-state index contributed by atoms with van der Waals surface area (Å²) in [6.45, 7) is 5.07. The maximum absolute atomic E-state index is 11.8. The molecule has 2 rings (SSSR count). The normalized spacial score (nSPS) is 10.8. The van der Waals surface area contributed by atoms with Crippen molar-refractivity contribution in [1.82, 2.24) is 24.9 Å². The predicted molar refractivity (Wildman–Crippen MR) is 90.5 cm³/mol. The van der Waals surface area contributed by atoms with E-state index in [0.717, 1.165) is 23.1 Å². The van der Waals surface area contributed by atoms with Gasteiger partial charge in [0.05, 0.1) is 15.1 Å². The van der Waals surface area contributed by atoms with Crippen molar-refractivity contribution in [2.75, 3.05) is 6.54 Å². The van der Waals surface area contributed by atoms with Crippen molar-refractivity contribution < 1.29 is 9.72 Å². The number of carbonyl (C=O) groups excluding carboxylic acids is 1. The molecule has 0 spiro atoms. The third-order valence-corrected chi connectivity index (χ3v) is 4.24. The number of amides is 1. The molecule has 0 aliphatic carbocycles. The van der Waals surface area contributed by atoms with E-state index >= 15 is 0 Å². The molecule has 0 aliphatic rings. The second kappa shape index (κ2) is 8.04. The van der Waals surface area contributed by atoms with Crippen LogP contribution in [-0.2, 0) is 17.9 Å². The first-order chi connectivity index (χ1) is 11.4. The predicted octanol–water partition coefficient (Wildman–Crippen LogP) is 1.96. The number of hydrogen-bond acceptors (Lipinski definition) is 5. The van der Waals surface area contributed by atoms with E-state index < -0.39 is 4.92 Å². The molecule has 1 N–H and O–H groups in total. The van der Waals surface area contributed by atoms with Crippen molar-refractivity contribution >= 4 is 27.5 Å². The van der Waals surface area contributed by atoms with Gasteiger partial charge in [0.2, 0.25) is 5.91 Å². The van der Waals surface area contributed by atoms with E-state index in [4.69, 9.17) is 0 Å². The van der Waals surface area contributed by atoms with Gasteiger partial charge in [-0.2, -0.15) is 10.2 Å². The van der Waals surface area contributed by atoms with Crippen LogP contribution in [0.1, 0.15) is 24.2 Å². The Morgan fingerprint density at radius 3 is 2.50 bits per heavy atom. The van der Waals surface area contributed by atoms with E-state index in [1.807, 2.05) is 17.8 Å². The third-order valence-electron chi connectivity index (χ3n) is 3.46. The molecule has 2 heterocycles. The zero-order valence-corrected chi connectivity index (χ0v) is 15.1. The van der Waals surface area contributed by atoms with Gasteiger partial charge in [0.1, 0.15) is 11.9 Å². The zero-order chi connectivity index (χ0) is 17.7. The van der Waals surface area contributed by atoms with E-state index in [1.54, 1.807) is 6.92 Å². The van der Waals surface area contributed by atoms with E-state index in [9.17, 15) is 14.9 Å². The first kappa shape index (κ1) is 18.1. The van der Waals surface area contributed by atoms with Gasteiger partial charge >= 0.3 is 5.69 Å². The Morgan fingerprint density at radius 2 is 1.92 bits per heavy atom. The fraction of sp³-hybridized carbons (Fsp3) is 0.500. The van der Waals surface area contributed by atoms with Gasteiger partial charge < -0.3 is 5.32 Å². The molecule has 0 fully saturated rings. The topological polar surface area (TPSA) is 108 Å². The summed E-state index contributed by atoms with van der Waals surface area (Å²) < 4.78 is 4.23. The van der Waals surface area contributed by atoms with Crippen molar-refractivity contribution in [2.45, 2.75) is 39.8 Å². The Kier molecular flexibility index (Phi) is 6.07. The summed E-state index contributed by atoms with van der Waals surface area (Å²) in [5.74, 6) is -0.108. The highest BCUT2D eigenvalue weighted by Gasteiger charge is 2.15. The van der Waals surface area contributed by atoms with Crippen LogP contribution in [0.3, 0.4) is 0 Å². The molecule has 1 amide bonds. The van der Waals surface area contributed by atoms with E-state index in [0.29, 0.717) is 18.8 Å². The minimum atomic E-state index is -0.478. The van der Waals surface area contributed by atoms with Crippen LogP contribution in [0.5, 0.6) is 0 Å². The van der Waals surface area contributed by atoms with Crippen molar-refractivity contribution in [2.24, 2.45) is 0 Å². The Balaban J connectivity index is 1.68. The molecule has 0 saturated heterocycles. The second-order valence-electron chi connectivity index (χ2n) is 5.40. The molecule has 0 aliphatic heterocycles. The summed E-state index contributed by atoms with van der Waals surface area (Å²) in [6.07, 6.45) is 4.25. The number of carbonyl (C=O) groups is 1. The molecule has 0 bridgehead atoms. The summed E-state index contributed by atoms with van der Waals surface area (Å²) in [4.78, 5) is 22.1. The number of aromatic nitrogens is 4. The first-order valence-corrected chi connectivity index (χ1v) is 8.31. The molecule has 130 valence electrons. The minimum Gasteiger partial charge on any atom is -0.356 e. The van der Waals surface area contributed by atoms with Crippen molar-refractivity contribution in [3.8, 4) is 0 Å². The minimum absolute atomic E-state index is 0.0314. The summed E-state index contributed by atoms with van der Waals surface area (Å²) in [6, 6.07) is 0. The Hall–Kier alpha value is -2.23. The second-order valence-corrected chi connectivity index (χ2v) is 6.25. The summed E-state index contributed by atoms with van der Waals surface area (Å²) in [5.41, 5.74) is 1.25. The molecule has 0 unspecified atom stereocenters. The number of rotatable bonds is 8. The number of hydrogen-bond donors (Lipinski definition) is 1. The fourth-order valence-electron chi connectivity index (χ4n) is 2.18. The lowest BCUT2D eigenvalue weighted by molar-refractivity contribution is -0.385. The monoisotopic (exact) mass is 398 g/mol. The maximum Gasteiger partial charge on any atom is 0.309 e. The Morgan fingerprint density at radius 1 is 1.25 bits per heavy atom. The summed E-state index contributed by atoms with van der Waals surface area (Å²) in [5, 5.41) is 21.9. The van der Waals surface area contributed by atoms with Crippen LogP contribution in [-0.4, -0.2) is 36.9 Å². The number of nitrogens with one attached hydrogen (secondary N) is 1. The van der Waals surface area contributed by atoms with Gasteiger partial charge in [0, 0.05) is 32.3 Å². The lowest BCUT2D eigenvalue weighted by atomic mass is 10.3. The molecular weight excluding hydrogens is 380 g/mol. The first-order valence-electron chi connectivity index (χ1n) is 7.51. The summed E-state index contributed by atoms with van der Waals surface area (Å²) in [7, 11) is 0. The van der Waals surface area contributed by atoms with Crippen LogP contribution in [0.15, 0.2) is 16.9 Å². The highest BCUT2D eigenvalue weighted by molar-refractivity contribution is 9.10. The fourth-order valence-corrected chi connectivity index (χ4v) is 2.50. The Labute approximate surface area is 147 Å². The Bertz CT molecular complexity index is 719. The van der Waals surface area contributed by atoms with Crippen LogP contribution < -0.4 is 5.32 Å². The quantitative estimate of drug-likeness (QED) is 0.415. The van der Waals surface area contributed by atoms with Gasteiger partial charge in [-0.3, -0.25) is 24.3 Å². The molecule has 0 radical (unpaired) electrons. The van der Waals surface area contributed by atoms with E-state index in [2.05, 4.69) is 31.4 Å². The van der Waals surface area contributed by atoms with Gasteiger partial charge in [0.15, 0.2) is 0 Å². The van der Waals surface area contributed by atoms with Crippen LogP contribution in [0.4, 0.5) is 5.69 Å². The van der Waals surface area contributed by atoms with Gasteiger partial charge in [-0.15, -0.1) is 0 Å². The molecule has 9 nitrogen and oxygen atoms in total. The lowest BCUT2D eigenvalue weighted by Crippen LogP contribution is -2.26. The van der Waals surface area contributed by atoms with Gasteiger partial charge in [-0.05, 0) is 36.2 Å². The van der Waals surface area contributed by atoms with E-state index in [1.165, 1.54) is 10.9 Å². The van der Waals surface area contributed by atoms with Gasteiger partial charge in [-0.1, -0.05) is 0 Å². The van der Waals surface area contributed by atoms with Crippen molar-refractivity contribution in [3.63, 3.8) is 0 Å². The van der Waals surface area contributed by atoms with Crippen molar-refractivity contribution in [3.05, 3.63) is 38.4 Å². The number of nitrogens with zero attached hydrogens (tertiary/aromatic N) is 5. The highest BCUT2D eigenvalue weighted by atomic mass is 79.9. The standard InChI is InChI=1S/C14H19BrN6O3/c1-10-12(15)8-19(17-10)6-3-5-16-14(22)4-7-20-9-13(21(23)24)11(2)18-20/h8-9H,3-7H2,1-2H3,(H,16,22). The molecule has 10 heteroatoms. The molecule has 2 aromatic heterocycles. The average Bonchev–Trinajstić information content (AvgIpc) is 3.04. The van der Waals surface area contributed by atoms with Gasteiger partial charge in [0.25, 0.3) is 0 Å². The third kappa shape index (κ3) is 4.88. The molecule has 2 aromatic rings. The zero-order valence-electron chi connectivity index (χ0n) is 13.5. The molecule has 0 atom stereocenters. The van der Waals surface area contributed by atoms with Gasteiger partial charge in [-0.25, -0.2) is 0 Å². The molecule has 0 aromatic carbocycles. The van der Waals surface area contributed by atoms with Crippen LogP contribution in [0.2, 0.25) is 0 Å². The molecule has 0 saturated carbocycles. The van der Waals surface area contributed by atoms with Crippen LogP contribution in [0, 0.1) is 24.0 Å². The SMILES string of the molecule is Cc1nn(CCCNC(=O)CCn2cc([N+](=O)[O-])c(C)n2)cc1Br. The van der Waals surface area contributed by atoms with Crippen LogP contribution >= 0.6 is 15.9 Å². The maximum atomic E-state index is 11.8. The average molecular weight is 399 g/mol. The van der Waals surface area contributed by atoms with Crippen LogP contribution in [0.25, 0.3) is 0 Å². The smallest absolute Gasteiger partial charge is 0.309 e. The number of halogens is 1. The highest BCUT2D eigenvalue weighted by Crippen LogP contribution is 2.15.